The number of hydrogen-bond donors (Lipinski definition) is 0. The fraction of sp³-hybridized carbons (Fsp3) is 0.500. The predicted molar refractivity (Wildman–Crippen MR) is 74.9 cm³/mol. The van der Waals surface area contributed by atoms with Crippen molar-refractivity contribution in [3.05, 3.63) is 29.8 Å². The molecule has 0 aliphatic carbocycles. The van der Waals surface area contributed by atoms with Crippen molar-refractivity contribution in [3.63, 3.8) is 0 Å². The molecule has 0 spiro atoms. The molecule has 0 radical (unpaired) electrons. The quantitative estimate of drug-likeness (QED) is 0.756. The Labute approximate surface area is 105 Å². The third-order valence-corrected chi connectivity index (χ3v) is 5.57. The molecule has 3 heteroatoms. The van der Waals surface area contributed by atoms with E-state index in [1.165, 1.54) is 5.56 Å². The largest absolute Gasteiger partial charge is 0.248 e. The Morgan fingerprint density at radius 2 is 1.94 bits per heavy atom. The van der Waals surface area contributed by atoms with E-state index in [2.05, 4.69) is 31.9 Å². The van der Waals surface area contributed by atoms with E-state index in [1.807, 2.05) is 16.4 Å². The highest BCUT2D eigenvalue weighted by atomic mass is 32.2. The van der Waals surface area contributed by atoms with Crippen molar-refractivity contribution < 1.29 is 4.21 Å². The van der Waals surface area contributed by atoms with Crippen LogP contribution in [0.5, 0.6) is 0 Å². The maximum absolute atomic E-state index is 12.8. The first-order valence-corrected chi connectivity index (χ1v) is 7.92. The number of benzene rings is 1. The fourth-order valence-electron chi connectivity index (χ4n) is 2.20. The van der Waals surface area contributed by atoms with Crippen LogP contribution in [0.1, 0.15) is 38.2 Å². The minimum Gasteiger partial charge on any atom is -0.248 e. The highest BCUT2D eigenvalue weighted by Gasteiger charge is 2.22. The van der Waals surface area contributed by atoms with Gasteiger partial charge in [0.1, 0.15) is 0 Å². The normalized spacial score (nSPS) is 20.6. The van der Waals surface area contributed by atoms with Crippen molar-refractivity contribution in [1.82, 2.24) is 4.31 Å². The van der Waals surface area contributed by atoms with E-state index >= 15 is 0 Å². The van der Waals surface area contributed by atoms with Crippen LogP contribution in [0.2, 0.25) is 0 Å². The standard InChI is InChI=1S/C14H21NOS/c1-12(2)13-7-6-8-14(11-13)17(3,16)15-9-4-5-10-15/h6-8,11-12H,3-5,9-10H2,1-2H3. The highest BCUT2D eigenvalue weighted by molar-refractivity contribution is 7.98. The van der Waals surface area contributed by atoms with Crippen LogP contribution < -0.4 is 0 Å². The summed E-state index contributed by atoms with van der Waals surface area (Å²) in [5.74, 6) is 4.44. The molecule has 1 aliphatic rings. The van der Waals surface area contributed by atoms with Gasteiger partial charge in [0.15, 0.2) is 0 Å². The molecular weight excluding hydrogens is 230 g/mol. The van der Waals surface area contributed by atoms with E-state index in [0.29, 0.717) is 5.92 Å². The van der Waals surface area contributed by atoms with Crippen LogP contribution >= 0.6 is 0 Å². The van der Waals surface area contributed by atoms with Crippen molar-refractivity contribution >= 4 is 15.6 Å². The van der Waals surface area contributed by atoms with Crippen molar-refractivity contribution in [2.75, 3.05) is 13.1 Å². The first kappa shape index (κ1) is 12.7. The predicted octanol–water partition coefficient (Wildman–Crippen LogP) is 2.90. The molecule has 1 unspecified atom stereocenters. The first-order chi connectivity index (χ1) is 8.01. The average molecular weight is 251 g/mol. The van der Waals surface area contributed by atoms with Crippen LogP contribution in [0.3, 0.4) is 0 Å². The summed E-state index contributed by atoms with van der Waals surface area (Å²) in [6.45, 7) is 6.13. The van der Waals surface area contributed by atoms with E-state index in [1.54, 1.807) is 0 Å². The Morgan fingerprint density at radius 1 is 1.29 bits per heavy atom. The van der Waals surface area contributed by atoms with E-state index < -0.39 is 9.71 Å². The molecule has 1 saturated heterocycles. The van der Waals surface area contributed by atoms with Crippen molar-refractivity contribution in [1.29, 1.82) is 0 Å². The summed E-state index contributed by atoms with van der Waals surface area (Å²) in [6.07, 6.45) is 2.27. The van der Waals surface area contributed by atoms with Gasteiger partial charge in [-0.25, -0.2) is 8.51 Å². The van der Waals surface area contributed by atoms with Crippen LogP contribution in [0.4, 0.5) is 0 Å². The molecule has 2 rings (SSSR count). The molecule has 1 aromatic carbocycles. The van der Waals surface area contributed by atoms with Gasteiger partial charge in [0.2, 0.25) is 0 Å². The second-order valence-electron chi connectivity index (χ2n) is 5.00. The minimum absolute atomic E-state index is 0.462. The lowest BCUT2D eigenvalue weighted by Crippen LogP contribution is -2.27. The molecule has 1 aromatic rings. The lowest BCUT2D eigenvalue weighted by atomic mass is 10.0. The van der Waals surface area contributed by atoms with Gasteiger partial charge in [0.25, 0.3) is 0 Å². The van der Waals surface area contributed by atoms with Gasteiger partial charge in [0, 0.05) is 18.0 Å². The molecule has 1 atom stereocenters. The van der Waals surface area contributed by atoms with Crippen LogP contribution in [0, 0.1) is 0 Å². The molecule has 0 N–H and O–H groups in total. The topological polar surface area (TPSA) is 20.3 Å². The molecule has 0 amide bonds. The smallest absolute Gasteiger partial charge is 0.0558 e. The van der Waals surface area contributed by atoms with Gasteiger partial charge < -0.3 is 0 Å². The molecule has 0 aromatic heterocycles. The summed E-state index contributed by atoms with van der Waals surface area (Å²) in [5, 5.41) is 0. The Morgan fingerprint density at radius 3 is 2.53 bits per heavy atom. The van der Waals surface area contributed by atoms with Crippen LogP contribution in [-0.2, 0) is 9.71 Å². The van der Waals surface area contributed by atoms with Crippen LogP contribution in [-0.4, -0.2) is 27.5 Å². The molecule has 1 heterocycles. The number of hydrogen-bond acceptors (Lipinski definition) is 1. The van der Waals surface area contributed by atoms with Gasteiger partial charge in [-0.3, -0.25) is 0 Å². The number of nitrogens with zero attached hydrogens (tertiary/aromatic N) is 1. The summed E-state index contributed by atoms with van der Waals surface area (Å²) < 4.78 is 14.8. The summed E-state index contributed by atoms with van der Waals surface area (Å²) >= 11 is 0. The summed E-state index contributed by atoms with van der Waals surface area (Å²) in [7, 11) is -2.26. The summed E-state index contributed by atoms with van der Waals surface area (Å²) in [5.41, 5.74) is 1.23. The second kappa shape index (κ2) is 4.83. The van der Waals surface area contributed by atoms with Gasteiger partial charge >= 0.3 is 0 Å². The zero-order valence-corrected chi connectivity index (χ0v) is 11.5. The van der Waals surface area contributed by atoms with Crippen molar-refractivity contribution in [2.24, 2.45) is 0 Å². The SMILES string of the molecule is C=S(=O)(c1cccc(C(C)C)c1)N1CCCC1. The Kier molecular flexibility index (Phi) is 3.59. The highest BCUT2D eigenvalue weighted by Crippen LogP contribution is 2.23. The van der Waals surface area contributed by atoms with E-state index in [0.717, 1.165) is 30.8 Å². The first-order valence-electron chi connectivity index (χ1n) is 6.24. The number of rotatable bonds is 3. The van der Waals surface area contributed by atoms with Crippen LogP contribution in [0.25, 0.3) is 0 Å². The molecule has 1 aliphatic heterocycles. The van der Waals surface area contributed by atoms with E-state index in [9.17, 15) is 4.21 Å². The average Bonchev–Trinajstić information content (AvgIpc) is 2.83. The van der Waals surface area contributed by atoms with Gasteiger partial charge in [-0.15, -0.1) is 0 Å². The maximum Gasteiger partial charge on any atom is 0.0558 e. The van der Waals surface area contributed by atoms with Gasteiger partial charge in [-0.2, -0.15) is 0 Å². The molecule has 2 nitrogen and oxygen atoms in total. The summed E-state index contributed by atoms with van der Waals surface area (Å²) in [6, 6.07) is 8.08. The van der Waals surface area contributed by atoms with Crippen LogP contribution in [0.15, 0.2) is 29.2 Å². The zero-order valence-electron chi connectivity index (χ0n) is 10.7. The van der Waals surface area contributed by atoms with Gasteiger partial charge in [0.05, 0.1) is 9.71 Å². The van der Waals surface area contributed by atoms with Gasteiger partial charge in [-0.1, -0.05) is 26.0 Å². The van der Waals surface area contributed by atoms with Gasteiger partial charge in [-0.05, 0) is 42.3 Å². The zero-order chi connectivity index (χ0) is 12.5. The molecular formula is C14H21NOS. The fourth-order valence-corrected chi connectivity index (χ4v) is 3.96. The Hall–Kier alpha value is -0.800. The monoisotopic (exact) mass is 251 g/mol. The lowest BCUT2D eigenvalue weighted by Gasteiger charge is -2.21. The third kappa shape index (κ3) is 2.55. The Bertz CT molecular complexity index is 485. The third-order valence-electron chi connectivity index (χ3n) is 3.38. The molecule has 94 valence electrons. The maximum atomic E-state index is 12.8. The molecule has 0 saturated carbocycles. The minimum atomic E-state index is -2.26. The molecule has 17 heavy (non-hydrogen) atoms. The lowest BCUT2D eigenvalue weighted by molar-refractivity contribution is 0.533. The summed E-state index contributed by atoms with van der Waals surface area (Å²) in [4.78, 5) is 0.880. The molecule has 1 fully saturated rings. The van der Waals surface area contributed by atoms with Crippen molar-refractivity contribution in [3.8, 4) is 0 Å². The van der Waals surface area contributed by atoms with E-state index in [4.69, 9.17) is 0 Å². The van der Waals surface area contributed by atoms with E-state index in [-0.39, 0.29) is 0 Å². The second-order valence-corrected chi connectivity index (χ2v) is 7.27. The Balaban J connectivity index is 2.35. The van der Waals surface area contributed by atoms with Crippen molar-refractivity contribution in [2.45, 2.75) is 37.5 Å². The molecule has 0 bridgehead atoms.